The molecule has 1 fully saturated rings. The van der Waals surface area contributed by atoms with Crippen LogP contribution in [-0.2, 0) is 4.79 Å². The Morgan fingerprint density at radius 3 is 2.70 bits per heavy atom. The number of rotatable bonds is 3. The standard InChI is InChI=1S/C14H20N2O4/c1-8-10(15-12(17)11-6-7-20-16-11)5-4-9(13(18)19)14(8,2)3/h6-10H,4-5H2,1-3H3,(H,15,17)(H,18,19). The Morgan fingerprint density at radius 2 is 2.15 bits per heavy atom. The summed E-state index contributed by atoms with van der Waals surface area (Å²) in [5.74, 6) is -1.35. The van der Waals surface area contributed by atoms with Gasteiger partial charge >= 0.3 is 5.97 Å². The lowest BCUT2D eigenvalue weighted by Crippen LogP contribution is -2.52. The molecule has 1 aliphatic carbocycles. The van der Waals surface area contributed by atoms with Crippen LogP contribution in [0.4, 0.5) is 0 Å². The lowest BCUT2D eigenvalue weighted by Gasteiger charge is -2.46. The fourth-order valence-corrected chi connectivity index (χ4v) is 3.01. The molecular formula is C14H20N2O4. The quantitative estimate of drug-likeness (QED) is 0.882. The van der Waals surface area contributed by atoms with E-state index in [4.69, 9.17) is 0 Å². The molecule has 1 amide bonds. The van der Waals surface area contributed by atoms with E-state index < -0.39 is 5.97 Å². The maximum Gasteiger partial charge on any atom is 0.307 e. The minimum absolute atomic E-state index is 0.0511. The SMILES string of the molecule is CC1C(NC(=O)c2ccon2)CCC(C(=O)O)C1(C)C. The minimum atomic E-state index is -0.761. The van der Waals surface area contributed by atoms with Gasteiger partial charge in [-0.3, -0.25) is 9.59 Å². The second-order valence-corrected chi connectivity index (χ2v) is 6.04. The normalized spacial score (nSPS) is 28.9. The molecule has 1 aliphatic rings. The first-order chi connectivity index (χ1) is 9.34. The Morgan fingerprint density at radius 1 is 1.45 bits per heavy atom. The third-order valence-electron chi connectivity index (χ3n) is 4.73. The van der Waals surface area contributed by atoms with E-state index in [1.165, 1.54) is 12.3 Å². The van der Waals surface area contributed by atoms with E-state index in [0.29, 0.717) is 12.8 Å². The van der Waals surface area contributed by atoms with Gasteiger partial charge in [0, 0.05) is 12.1 Å². The second-order valence-electron chi connectivity index (χ2n) is 6.04. The number of aromatic nitrogens is 1. The smallest absolute Gasteiger partial charge is 0.307 e. The van der Waals surface area contributed by atoms with Crippen molar-refractivity contribution in [2.45, 2.75) is 39.7 Å². The first-order valence-electron chi connectivity index (χ1n) is 6.78. The molecule has 0 saturated heterocycles. The highest BCUT2D eigenvalue weighted by Crippen LogP contribution is 2.45. The molecule has 0 radical (unpaired) electrons. The Kier molecular flexibility index (Phi) is 3.83. The number of carboxylic acid groups (broad SMARTS) is 1. The van der Waals surface area contributed by atoms with Gasteiger partial charge in [-0.25, -0.2) is 0 Å². The van der Waals surface area contributed by atoms with Crippen LogP contribution in [-0.4, -0.2) is 28.2 Å². The van der Waals surface area contributed by atoms with Crippen molar-refractivity contribution in [3.05, 3.63) is 18.0 Å². The number of nitrogens with one attached hydrogen (secondary N) is 1. The molecule has 1 aromatic heterocycles. The van der Waals surface area contributed by atoms with Crippen molar-refractivity contribution in [3.8, 4) is 0 Å². The predicted octanol–water partition coefficient (Wildman–Crippen LogP) is 1.93. The highest BCUT2D eigenvalue weighted by molar-refractivity contribution is 5.92. The Hall–Kier alpha value is -1.85. The summed E-state index contributed by atoms with van der Waals surface area (Å²) >= 11 is 0. The van der Waals surface area contributed by atoms with Gasteiger partial charge < -0.3 is 14.9 Å². The van der Waals surface area contributed by atoms with E-state index in [-0.39, 0.29) is 34.9 Å². The molecule has 3 atom stereocenters. The van der Waals surface area contributed by atoms with E-state index in [9.17, 15) is 14.7 Å². The summed E-state index contributed by atoms with van der Waals surface area (Å²) in [5.41, 5.74) is -0.123. The molecule has 2 N–H and O–H groups in total. The van der Waals surface area contributed by atoms with Gasteiger partial charge in [0.25, 0.3) is 5.91 Å². The van der Waals surface area contributed by atoms with E-state index >= 15 is 0 Å². The second kappa shape index (κ2) is 5.26. The van der Waals surface area contributed by atoms with Crippen LogP contribution in [0.2, 0.25) is 0 Å². The van der Waals surface area contributed by atoms with Crippen molar-refractivity contribution in [3.63, 3.8) is 0 Å². The third kappa shape index (κ3) is 2.55. The average Bonchev–Trinajstić information content (AvgIpc) is 2.88. The van der Waals surface area contributed by atoms with Crippen molar-refractivity contribution in [2.75, 3.05) is 0 Å². The zero-order valence-corrected chi connectivity index (χ0v) is 11.9. The van der Waals surface area contributed by atoms with Crippen molar-refractivity contribution >= 4 is 11.9 Å². The summed E-state index contributed by atoms with van der Waals surface area (Å²) in [6.45, 7) is 5.89. The van der Waals surface area contributed by atoms with Crippen LogP contribution < -0.4 is 5.32 Å². The van der Waals surface area contributed by atoms with E-state index in [1.807, 2.05) is 20.8 Å². The summed E-state index contributed by atoms with van der Waals surface area (Å²) in [6.07, 6.45) is 2.57. The van der Waals surface area contributed by atoms with Gasteiger partial charge in [-0.2, -0.15) is 0 Å². The first-order valence-corrected chi connectivity index (χ1v) is 6.78. The summed E-state index contributed by atoms with van der Waals surface area (Å²) in [6, 6.07) is 1.46. The predicted molar refractivity (Wildman–Crippen MR) is 71.1 cm³/mol. The Labute approximate surface area is 117 Å². The first kappa shape index (κ1) is 14.6. The molecule has 20 heavy (non-hydrogen) atoms. The zero-order chi connectivity index (χ0) is 14.9. The molecule has 0 bridgehead atoms. The van der Waals surface area contributed by atoms with Crippen LogP contribution in [0.5, 0.6) is 0 Å². The van der Waals surface area contributed by atoms with Crippen molar-refractivity contribution in [2.24, 2.45) is 17.3 Å². The van der Waals surface area contributed by atoms with Crippen LogP contribution >= 0.6 is 0 Å². The lowest BCUT2D eigenvalue weighted by molar-refractivity contribution is -0.150. The number of hydrogen-bond donors (Lipinski definition) is 2. The summed E-state index contributed by atoms with van der Waals surface area (Å²) in [4.78, 5) is 23.3. The van der Waals surface area contributed by atoms with Gasteiger partial charge in [0.2, 0.25) is 0 Å². The van der Waals surface area contributed by atoms with E-state index in [2.05, 4.69) is 15.0 Å². The molecular weight excluding hydrogens is 260 g/mol. The van der Waals surface area contributed by atoms with Crippen LogP contribution in [0.1, 0.15) is 44.1 Å². The molecule has 6 heteroatoms. The number of aliphatic carboxylic acids is 1. The Balaban J connectivity index is 2.08. The molecule has 3 unspecified atom stereocenters. The van der Waals surface area contributed by atoms with Crippen LogP contribution in [0.3, 0.4) is 0 Å². The molecule has 110 valence electrons. The van der Waals surface area contributed by atoms with Gasteiger partial charge in [-0.15, -0.1) is 0 Å². The Bertz CT molecular complexity index is 495. The van der Waals surface area contributed by atoms with Gasteiger partial charge in [0.05, 0.1) is 5.92 Å². The number of carboxylic acids is 1. The number of hydrogen-bond acceptors (Lipinski definition) is 4. The number of amides is 1. The molecule has 0 aliphatic heterocycles. The molecule has 0 spiro atoms. The van der Waals surface area contributed by atoms with E-state index in [0.717, 1.165) is 0 Å². The van der Waals surface area contributed by atoms with E-state index in [1.54, 1.807) is 0 Å². The maximum absolute atomic E-state index is 12.0. The largest absolute Gasteiger partial charge is 0.481 e. The number of carbonyl (C=O) groups is 2. The monoisotopic (exact) mass is 280 g/mol. The molecule has 1 aromatic rings. The van der Waals surface area contributed by atoms with Gasteiger partial charge in [-0.1, -0.05) is 25.9 Å². The van der Waals surface area contributed by atoms with Crippen LogP contribution in [0.15, 0.2) is 16.9 Å². The fraction of sp³-hybridized carbons (Fsp3) is 0.643. The third-order valence-corrected chi connectivity index (χ3v) is 4.73. The molecule has 2 rings (SSSR count). The zero-order valence-electron chi connectivity index (χ0n) is 11.9. The van der Waals surface area contributed by atoms with Crippen molar-refractivity contribution in [1.82, 2.24) is 10.5 Å². The average molecular weight is 280 g/mol. The minimum Gasteiger partial charge on any atom is -0.481 e. The van der Waals surface area contributed by atoms with Crippen LogP contribution in [0.25, 0.3) is 0 Å². The summed E-state index contributed by atoms with van der Waals surface area (Å²) < 4.78 is 4.65. The maximum atomic E-state index is 12.0. The molecule has 0 aromatic carbocycles. The van der Waals surface area contributed by atoms with Crippen LogP contribution in [0, 0.1) is 17.3 Å². The molecule has 6 nitrogen and oxygen atoms in total. The molecule has 1 saturated carbocycles. The molecule has 1 heterocycles. The fourth-order valence-electron chi connectivity index (χ4n) is 3.01. The van der Waals surface area contributed by atoms with Crippen molar-refractivity contribution in [1.29, 1.82) is 0 Å². The van der Waals surface area contributed by atoms with Gasteiger partial charge in [-0.05, 0) is 24.2 Å². The lowest BCUT2D eigenvalue weighted by atomic mass is 9.61. The number of nitrogens with zero attached hydrogens (tertiary/aromatic N) is 1. The van der Waals surface area contributed by atoms with Crippen molar-refractivity contribution < 1.29 is 19.2 Å². The van der Waals surface area contributed by atoms with Gasteiger partial charge in [0.1, 0.15) is 6.26 Å². The number of carbonyl (C=O) groups excluding carboxylic acids is 1. The summed E-state index contributed by atoms with van der Waals surface area (Å²) in [7, 11) is 0. The topological polar surface area (TPSA) is 92.4 Å². The summed E-state index contributed by atoms with van der Waals surface area (Å²) in [5, 5.41) is 15.8. The highest BCUT2D eigenvalue weighted by atomic mass is 16.5. The highest BCUT2D eigenvalue weighted by Gasteiger charge is 2.46. The van der Waals surface area contributed by atoms with Gasteiger partial charge in [0.15, 0.2) is 5.69 Å².